The van der Waals surface area contributed by atoms with Gasteiger partial charge in [-0.2, -0.15) is 0 Å². The number of rotatable bonds is 4. The van der Waals surface area contributed by atoms with Gasteiger partial charge in [-0.15, -0.1) is 0 Å². The van der Waals surface area contributed by atoms with Crippen LogP contribution in [0.4, 0.5) is 0 Å². The molecule has 0 aliphatic heterocycles. The molecule has 0 N–H and O–H groups in total. The Hall–Kier alpha value is -7.56. The highest BCUT2D eigenvalue weighted by molar-refractivity contribution is 6.15. The van der Waals surface area contributed by atoms with Crippen LogP contribution in [0.1, 0.15) is 0 Å². The van der Waals surface area contributed by atoms with E-state index in [1.807, 2.05) is 0 Å². The lowest BCUT2D eigenvalue weighted by atomic mass is 9.99. The van der Waals surface area contributed by atoms with Crippen LogP contribution in [-0.2, 0) is 0 Å². The molecule has 0 amide bonds. The maximum absolute atomic E-state index is 5.51. The maximum atomic E-state index is 5.51. The van der Waals surface area contributed by atoms with Crippen molar-refractivity contribution in [1.29, 1.82) is 0 Å². The third-order valence-corrected chi connectivity index (χ3v) is 11.5. The summed E-state index contributed by atoms with van der Waals surface area (Å²) in [5, 5.41) is 10.6. The van der Waals surface area contributed by atoms with Gasteiger partial charge in [-0.25, -0.2) is 9.97 Å². The minimum atomic E-state index is 0.652. The summed E-state index contributed by atoms with van der Waals surface area (Å²) in [5.74, 6) is 0.652. The van der Waals surface area contributed by atoms with Crippen molar-refractivity contribution in [1.82, 2.24) is 19.1 Å². The Labute approximate surface area is 322 Å². The van der Waals surface area contributed by atoms with Crippen molar-refractivity contribution in [2.24, 2.45) is 0 Å². The Morgan fingerprint density at radius 2 is 0.893 bits per heavy atom. The Morgan fingerprint density at radius 1 is 0.321 bits per heavy atom. The van der Waals surface area contributed by atoms with Crippen LogP contribution in [0, 0.1) is 0 Å². The molecule has 0 bridgehead atoms. The van der Waals surface area contributed by atoms with Gasteiger partial charge < -0.3 is 4.57 Å². The summed E-state index contributed by atoms with van der Waals surface area (Å²) in [6.45, 7) is 0. The van der Waals surface area contributed by atoms with E-state index in [0.29, 0.717) is 5.95 Å². The maximum Gasteiger partial charge on any atom is 0.235 e. The van der Waals surface area contributed by atoms with Gasteiger partial charge in [0.15, 0.2) is 0 Å². The van der Waals surface area contributed by atoms with Crippen molar-refractivity contribution < 1.29 is 0 Å². The van der Waals surface area contributed by atoms with E-state index in [9.17, 15) is 0 Å². The van der Waals surface area contributed by atoms with Crippen LogP contribution in [-0.4, -0.2) is 19.1 Å². The van der Waals surface area contributed by atoms with Crippen molar-refractivity contribution in [3.8, 4) is 34.0 Å². The Kier molecular flexibility index (Phi) is 6.60. The van der Waals surface area contributed by atoms with Crippen LogP contribution >= 0.6 is 0 Å². The summed E-state index contributed by atoms with van der Waals surface area (Å²) >= 11 is 0. The van der Waals surface area contributed by atoms with Gasteiger partial charge in [0.25, 0.3) is 0 Å². The van der Waals surface area contributed by atoms with Gasteiger partial charge in [-0.3, -0.25) is 4.57 Å². The second-order valence-electron chi connectivity index (χ2n) is 14.6. The van der Waals surface area contributed by atoms with Crippen LogP contribution in [0.2, 0.25) is 0 Å². The molecule has 0 saturated heterocycles. The van der Waals surface area contributed by atoms with Crippen LogP contribution in [0.3, 0.4) is 0 Å². The van der Waals surface area contributed by atoms with Crippen molar-refractivity contribution in [3.63, 3.8) is 0 Å². The number of hydrogen-bond donors (Lipinski definition) is 0. The van der Waals surface area contributed by atoms with E-state index >= 15 is 0 Å². The van der Waals surface area contributed by atoms with Crippen LogP contribution in [0.25, 0.3) is 110 Å². The smallest absolute Gasteiger partial charge is 0.235 e. The molecule has 0 fully saturated rings. The monoisotopic (exact) mass is 712 g/mol. The fourth-order valence-corrected chi connectivity index (χ4v) is 8.91. The van der Waals surface area contributed by atoms with Crippen LogP contribution in [0.15, 0.2) is 194 Å². The van der Waals surface area contributed by atoms with Crippen molar-refractivity contribution in [3.05, 3.63) is 194 Å². The van der Waals surface area contributed by atoms with E-state index in [1.165, 1.54) is 48.7 Å². The first kappa shape index (κ1) is 30.9. The normalized spacial score (nSPS) is 11.9. The van der Waals surface area contributed by atoms with Gasteiger partial charge in [-0.05, 0) is 81.2 Å². The molecule has 4 heteroatoms. The van der Waals surface area contributed by atoms with E-state index in [-0.39, 0.29) is 0 Å². The lowest BCUT2D eigenvalue weighted by Crippen LogP contribution is -2.03. The summed E-state index contributed by atoms with van der Waals surface area (Å²) in [6.07, 6.45) is 0. The summed E-state index contributed by atoms with van der Waals surface area (Å²) in [4.78, 5) is 10.8. The lowest BCUT2D eigenvalue weighted by Gasteiger charge is -2.14. The van der Waals surface area contributed by atoms with Gasteiger partial charge in [0.1, 0.15) is 0 Å². The Morgan fingerprint density at radius 3 is 1.70 bits per heavy atom. The SMILES string of the molecule is c1ccc(-n2c3ccccc3c3ccc(-c4ccc5c6cc7ccccc7cc6n(-c6nc(-c7cccc8ccccc78)c7ccccc7n6)c5c4)cc32)cc1. The highest BCUT2D eigenvalue weighted by Gasteiger charge is 2.20. The topological polar surface area (TPSA) is 35.6 Å². The van der Waals surface area contributed by atoms with Gasteiger partial charge in [0.2, 0.25) is 5.95 Å². The van der Waals surface area contributed by atoms with E-state index in [0.717, 1.165) is 55.4 Å². The van der Waals surface area contributed by atoms with E-state index < -0.39 is 0 Å². The molecule has 9 aromatic carbocycles. The summed E-state index contributed by atoms with van der Waals surface area (Å²) < 4.78 is 4.66. The van der Waals surface area contributed by atoms with Gasteiger partial charge in [-0.1, -0.05) is 146 Å². The zero-order valence-electron chi connectivity index (χ0n) is 30.3. The summed E-state index contributed by atoms with van der Waals surface area (Å²) in [5.41, 5.74) is 10.9. The van der Waals surface area contributed by atoms with E-state index in [4.69, 9.17) is 9.97 Å². The van der Waals surface area contributed by atoms with Crippen molar-refractivity contribution >= 4 is 76.1 Å². The molecule has 12 aromatic rings. The number of benzene rings is 9. The van der Waals surface area contributed by atoms with Gasteiger partial charge in [0, 0.05) is 38.2 Å². The first-order valence-corrected chi connectivity index (χ1v) is 19.1. The second-order valence-corrected chi connectivity index (χ2v) is 14.6. The summed E-state index contributed by atoms with van der Waals surface area (Å²) in [7, 11) is 0. The second kappa shape index (κ2) is 12.0. The molecule has 0 radical (unpaired) electrons. The molecule has 56 heavy (non-hydrogen) atoms. The molecule has 0 atom stereocenters. The van der Waals surface area contributed by atoms with E-state index in [1.54, 1.807) is 0 Å². The Bertz CT molecular complexity index is 3530. The third-order valence-electron chi connectivity index (χ3n) is 11.5. The molecule has 0 spiro atoms. The lowest BCUT2D eigenvalue weighted by molar-refractivity contribution is 1.01. The standard InChI is InChI=1S/C52H32N4/c1-2-17-38(18-3-1)55-47-24-11-9-20-40(47)41-27-25-36(31-48(41)55)37-26-28-42-45-29-34-14-4-5-15-35(34)30-50(45)56(49(42)32-37)52-53-46-23-10-8-21-44(46)51(54-52)43-22-12-16-33-13-6-7-19-39(33)43/h1-32H. The molecule has 0 saturated carbocycles. The molecule has 3 heterocycles. The highest BCUT2D eigenvalue weighted by atomic mass is 15.2. The molecule has 3 aromatic heterocycles. The highest BCUT2D eigenvalue weighted by Crippen LogP contribution is 2.40. The minimum Gasteiger partial charge on any atom is -0.309 e. The molecular formula is C52H32N4. The minimum absolute atomic E-state index is 0.652. The number of fused-ring (bicyclic) bond motifs is 9. The van der Waals surface area contributed by atoms with Gasteiger partial charge >= 0.3 is 0 Å². The number of aromatic nitrogens is 4. The van der Waals surface area contributed by atoms with Crippen molar-refractivity contribution in [2.45, 2.75) is 0 Å². The van der Waals surface area contributed by atoms with Crippen molar-refractivity contribution in [2.75, 3.05) is 0 Å². The summed E-state index contributed by atoms with van der Waals surface area (Å²) in [6, 6.07) is 69.7. The zero-order chi connectivity index (χ0) is 36.7. The number of nitrogens with zero attached hydrogens (tertiary/aromatic N) is 4. The van der Waals surface area contributed by atoms with Crippen LogP contribution in [0.5, 0.6) is 0 Å². The molecular weight excluding hydrogens is 681 g/mol. The largest absolute Gasteiger partial charge is 0.309 e. The first-order chi connectivity index (χ1) is 27.8. The fraction of sp³-hybridized carbons (Fsp3) is 0. The fourth-order valence-electron chi connectivity index (χ4n) is 8.91. The Balaban J connectivity index is 1.15. The third kappa shape index (κ3) is 4.60. The first-order valence-electron chi connectivity index (χ1n) is 19.1. The number of hydrogen-bond acceptors (Lipinski definition) is 2. The molecule has 260 valence electrons. The molecule has 0 aliphatic rings. The van der Waals surface area contributed by atoms with Gasteiger partial charge in [0.05, 0.1) is 33.3 Å². The quantitative estimate of drug-likeness (QED) is 0.182. The average molecular weight is 713 g/mol. The molecule has 12 rings (SSSR count). The molecule has 0 aliphatic carbocycles. The van der Waals surface area contributed by atoms with Crippen LogP contribution < -0.4 is 0 Å². The average Bonchev–Trinajstić information content (AvgIpc) is 3.76. The zero-order valence-corrected chi connectivity index (χ0v) is 30.3. The molecule has 0 unspecified atom stereocenters. The predicted molar refractivity (Wildman–Crippen MR) is 234 cm³/mol. The molecule has 4 nitrogen and oxygen atoms in total. The predicted octanol–water partition coefficient (Wildman–Crippen LogP) is 13.5. The number of para-hydroxylation sites is 3. The van der Waals surface area contributed by atoms with E-state index in [2.05, 4.69) is 203 Å².